The van der Waals surface area contributed by atoms with Gasteiger partial charge in [0.25, 0.3) is 0 Å². The van der Waals surface area contributed by atoms with Crippen LogP contribution in [0.25, 0.3) is 11.0 Å². The highest BCUT2D eigenvalue weighted by Crippen LogP contribution is 2.35. The second-order valence-electron chi connectivity index (χ2n) is 9.51. The number of amides is 2. The smallest absolute Gasteiger partial charge is 0.249 e. The Morgan fingerprint density at radius 1 is 1.03 bits per heavy atom. The van der Waals surface area contributed by atoms with Gasteiger partial charge in [0.05, 0.1) is 25.4 Å². The number of anilines is 1. The Hall–Kier alpha value is -4.47. The van der Waals surface area contributed by atoms with Crippen molar-refractivity contribution in [2.24, 2.45) is 0 Å². The maximum absolute atomic E-state index is 14.2. The van der Waals surface area contributed by atoms with Gasteiger partial charge in [0.15, 0.2) is 0 Å². The Kier molecular flexibility index (Phi) is 7.72. The van der Waals surface area contributed by atoms with Gasteiger partial charge in [-0.25, -0.2) is 9.07 Å². The van der Waals surface area contributed by atoms with Crippen molar-refractivity contribution >= 4 is 28.5 Å². The number of hydrogen-bond acceptors (Lipinski definition) is 6. The first-order chi connectivity index (χ1) is 19.0. The molecule has 1 aliphatic rings. The van der Waals surface area contributed by atoms with E-state index in [0.29, 0.717) is 33.8 Å². The number of carbonyl (C=O) groups excluding carboxylic acids is 2. The van der Waals surface area contributed by atoms with Crippen LogP contribution in [-0.2, 0) is 16.1 Å². The van der Waals surface area contributed by atoms with Gasteiger partial charge in [-0.3, -0.25) is 14.5 Å². The summed E-state index contributed by atoms with van der Waals surface area (Å²) in [7, 11) is 3.02. The van der Waals surface area contributed by atoms with Crippen molar-refractivity contribution < 1.29 is 23.5 Å². The van der Waals surface area contributed by atoms with Gasteiger partial charge in [-0.1, -0.05) is 42.3 Å². The third-order valence-corrected chi connectivity index (χ3v) is 6.98. The number of fused-ring (bicyclic) bond motifs is 1. The monoisotopic (exact) mass is 531 g/mol. The molecular weight excluding hydrogens is 501 g/mol. The molecule has 9 nitrogen and oxygen atoms in total. The Labute approximate surface area is 225 Å². The predicted molar refractivity (Wildman–Crippen MR) is 144 cm³/mol. The van der Waals surface area contributed by atoms with Crippen molar-refractivity contribution in [2.75, 3.05) is 19.1 Å². The Morgan fingerprint density at radius 2 is 1.69 bits per heavy atom. The minimum atomic E-state index is -1.09. The average Bonchev–Trinajstić information content (AvgIpc) is 3.62. The van der Waals surface area contributed by atoms with Crippen molar-refractivity contribution in [2.45, 2.75) is 44.3 Å². The molecule has 1 fully saturated rings. The van der Waals surface area contributed by atoms with Crippen LogP contribution in [0.5, 0.6) is 11.5 Å². The number of hydrogen-bond donors (Lipinski definition) is 1. The third kappa shape index (κ3) is 5.69. The van der Waals surface area contributed by atoms with Crippen LogP contribution in [0.3, 0.4) is 0 Å². The van der Waals surface area contributed by atoms with Crippen molar-refractivity contribution in [3.63, 3.8) is 0 Å². The maximum Gasteiger partial charge on any atom is 0.249 e. The molecule has 0 bridgehead atoms. The van der Waals surface area contributed by atoms with E-state index in [1.54, 1.807) is 18.2 Å². The molecule has 0 aliphatic heterocycles. The number of nitrogens with one attached hydrogen (secondary N) is 1. The number of nitrogens with zero attached hydrogens (tertiary/aromatic N) is 4. The number of para-hydroxylation sites is 1. The first kappa shape index (κ1) is 26.1. The molecule has 3 aromatic carbocycles. The van der Waals surface area contributed by atoms with Gasteiger partial charge in [0.1, 0.15) is 35.4 Å². The van der Waals surface area contributed by atoms with Gasteiger partial charge in [0.2, 0.25) is 11.8 Å². The zero-order valence-electron chi connectivity index (χ0n) is 21.8. The van der Waals surface area contributed by atoms with Crippen LogP contribution in [0.15, 0.2) is 66.7 Å². The van der Waals surface area contributed by atoms with E-state index in [-0.39, 0.29) is 18.5 Å². The fourth-order valence-corrected chi connectivity index (χ4v) is 5.02. The fraction of sp³-hybridized carbons (Fsp3) is 0.310. The van der Waals surface area contributed by atoms with Crippen molar-refractivity contribution in [1.29, 1.82) is 0 Å². The van der Waals surface area contributed by atoms with Crippen LogP contribution >= 0.6 is 0 Å². The van der Waals surface area contributed by atoms with E-state index >= 15 is 0 Å². The lowest BCUT2D eigenvalue weighted by atomic mass is 10.0. The SMILES string of the molecule is COc1cc(OC)cc(N(C(=O)Cn2nnc3ccccc32)[C@@H](C(=O)NC2CCCC2)c2ccc(F)cc2)c1. The van der Waals surface area contributed by atoms with Gasteiger partial charge in [-0.15, -0.1) is 5.10 Å². The topological polar surface area (TPSA) is 98.6 Å². The fourth-order valence-electron chi connectivity index (χ4n) is 5.02. The summed E-state index contributed by atoms with van der Waals surface area (Å²) in [5, 5.41) is 11.4. The van der Waals surface area contributed by atoms with Gasteiger partial charge < -0.3 is 14.8 Å². The van der Waals surface area contributed by atoms with E-state index in [2.05, 4.69) is 15.6 Å². The van der Waals surface area contributed by atoms with E-state index in [0.717, 1.165) is 25.7 Å². The van der Waals surface area contributed by atoms with Gasteiger partial charge in [-0.05, 0) is 42.7 Å². The van der Waals surface area contributed by atoms with Crippen LogP contribution in [0.2, 0.25) is 0 Å². The number of halogens is 1. The van der Waals surface area contributed by atoms with Crippen LogP contribution < -0.4 is 19.7 Å². The molecule has 2 amide bonds. The van der Waals surface area contributed by atoms with Gasteiger partial charge in [-0.2, -0.15) is 0 Å². The molecule has 1 atom stereocenters. The second kappa shape index (κ2) is 11.5. The minimum absolute atomic E-state index is 0.0107. The lowest BCUT2D eigenvalue weighted by molar-refractivity contribution is -0.127. The Balaban J connectivity index is 1.62. The summed E-state index contributed by atoms with van der Waals surface area (Å²) >= 11 is 0. The molecule has 0 unspecified atom stereocenters. The summed E-state index contributed by atoms with van der Waals surface area (Å²) < 4.78 is 26.4. The molecule has 10 heteroatoms. The summed E-state index contributed by atoms with van der Waals surface area (Å²) in [5.41, 5.74) is 2.18. The van der Waals surface area contributed by atoms with E-state index in [1.807, 2.05) is 24.3 Å². The molecule has 4 aromatic rings. The minimum Gasteiger partial charge on any atom is -0.497 e. The van der Waals surface area contributed by atoms with Gasteiger partial charge in [0, 0.05) is 24.2 Å². The highest BCUT2D eigenvalue weighted by Gasteiger charge is 2.35. The van der Waals surface area contributed by atoms with Crippen molar-refractivity contribution in [3.8, 4) is 11.5 Å². The quantitative estimate of drug-likeness (QED) is 0.343. The number of ether oxygens (including phenoxy) is 2. The maximum atomic E-state index is 14.2. The number of methoxy groups -OCH3 is 2. The van der Waals surface area contributed by atoms with Crippen LogP contribution in [0, 0.1) is 5.82 Å². The second-order valence-corrected chi connectivity index (χ2v) is 9.51. The molecule has 1 heterocycles. The number of carbonyl (C=O) groups is 2. The predicted octanol–water partition coefficient (Wildman–Crippen LogP) is 4.42. The molecule has 1 saturated carbocycles. The molecule has 0 saturated heterocycles. The summed E-state index contributed by atoms with van der Waals surface area (Å²) in [4.78, 5) is 29.5. The first-order valence-corrected chi connectivity index (χ1v) is 12.9. The molecule has 0 radical (unpaired) electrons. The number of benzene rings is 3. The van der Waals surface area contributed by atoms with Crippen molar-refractivity contribution in [3.05, 3.63) is 78.1 Å². The zero-order valence-corrected chi connectivity index (χ0v) is 21.8. The normalized spacial score (nSPS) is 14.2. The highest BCUT2D eigenvalue weighted by atomic mass is 19.1. The lowest BCUT2D eigenvalue weighted by Crippen LogP contribution is -2.47. The van der Waals surface area contributed by atoms with Gasteiger partial charge >= 0.3 is 0 Å². The summed E-state index contributed by atoms with van der Waals surface area (Å²) in [5.74, 6) is -0.322. The Morgan fingerprint density at radius 3 is 2.36 bits per heavy atom. The standard InChI is InChI=1S/C29H30FN5O4/c1-38-23-15-22(16-24(17-23)39-2)35(27(36)18-34-26-10-6-5-9-25(26)32-33-34)28(19-11-13-20(30)14-12-19)29(37)31-21-7-3-4-8-21/h5-6,9-17,21,28H,3-4,7-8,18H2,1-2H3,(H,31,37)/t28-/m1/s1. The van der Waals surface area contributed by atoms with E-state index in [4.69, 9.17) is 9.47 Å². The third-order valence-electron chi connectivity index (χ3n) is 6.98. The summed E-state index contributed by atoms with van der Waals surface area (Å²) in [6.07, 6.45) is 3.80. The van der Waals surface area contributed by atoms with Crippen LogP contribution in [-0.4, -0.2) is 47.1 Å². The van der Waals surface area contributed by atoms with Crippen LogP contribution in [0.1, 0.15) is 37.3 Å². The summed E-state index contributed by atoms with van der Waals surface area (Å²) in [6, 6.07) is 16.9. The molecule has 0 spiro atoms. The van der Waals surface area contributed by atoms with Crippen molar-refractivity contribution in [1.82, 2.24) is 20.3 Å². The molecule has 1 aromatic heterocycles. The number of aromatic nitrogens is 3. The number of rotatable bonds is 9. The molecular formula is C29H30FN5O4. The van der Waals surface area contributed by atoms with Crippen LogP contribution in [0.4, 0.5) is 10.1 Å². The van der Waals surface area contributed by atoms with E-state index in [1.165, 1.54) is 48.1 Å². The largest absolute Gasteiger partial charge is 0.497 e. The summed E-state index contributed by atoms with van der Waals surface area (Å²) in [6.45, 7) is -0.186. The molecule has 1 N–H and O–H groups in total. The highest BCUT2D eigenvalue weighted by molar-refractivity contribution is 6.02. The van der Waals surface area contributed by atoms with E-state index in [9.17, 15) is 14.0 Å². The molecule has 1 aliphatic carbocycles. The zero-order chi connectivity index (χ0) is 27.4. The molecule has 39 heavy (non-hydrogen) atoms. The molecule has 5 rings (SSSR count). The average molecular weight is 532 g/mol. The lowest BCUT2D eigenvalue weighted by Gasteiger charge is -2.32. The first-order valence-electron chi connectivity index (χ1n) is 12.9. The Bertz CT molecular complexity index is 1440. The van der Waals surface area contributed by atoms with E-state index < -0.39 is 17.8 Å². The molecule has 202 valence electrons.